The highest BCUT2D eigenvalue weighted by atomic mass is 35.5. The van der Waals surface area contributed by atoms with E-state index in [-0.39, 0.29) is 41.4 Å². The van der Waals surface area contributed by atoms with Crippen molar-refractivity contribution < 1.29 is 23.4 Å². The van der Waals surface area contributed by atoms with Gasteiger partial charge in [-0.2, -0.15) is 15.1 Å². The lowest BCUT2D eigenvalue weighted by Crippen LogP contribution is -2.62. The Kier molecular flexibility index (Phi) is 7.90. The lowest BCUT2D eigenvalue weighted by Gasteiger charge is -2.45. The predicted molar refractivity (Wildman–Crippen MR) is 191 cm³/mol. The number of halogens is 2. The number of benzene rings is 2. The second-order valence-electron chi connectivity index (χ2n) is 15.2. The van der Waals surface area contributed by atoms with Gasteiger partial charge in [0.15, 0.2) is 5.75 Å². The molecule has 264 valence electrons. The lowest BCUT2D eigenvalue weighted by atomic mass is 9.94. The number of aryl methyl sites for hydroxylation is 1. The molecule has 50 heavy (non-hydrogen) atoms. The van der Waals surface area contributed by atoms with E-state index in [0.29, 0.717) is 65.2 Å². The number of hydrogen-bond donors (Lipinski definition) is 0. The predicted octanol–water partition coefficient (Wildman–Crippen LogP) is 6.75. The number of rotatable bonds is 5. The molecule has 0 unspecified atom stereocenters. The smallest absolute Gasteiger partial charge is 0.410 e. The molecule has 6 heterocycles. The second kappa shape index (κ2) is 12.0. The molecule has 2 aromatic heterocycles. The minimum atomic E-state index is -0.635. The van der Waals surface area contributed by atoms with E-state index in [1.54, 1.807) is 35.0 Å². The molecule has 4 aliphatic rings. The molecule has 2 aromatic carbocycles. The molecule has 3 fully saturated rings. The number of carbonyl (C=O) groups is 1. The van der Waals surface area contributed by atoms with Gasteiger partial charge in [-0.25, -0.2) is 9.18 Å². The third-order valence-electron chi connectivity index (χ3n) is 10.7. The Morgan fingerprint density at radius 2 is 2.06 bits per heavy atom. The summed E-state index contributed by atoms with van der Waals surface area (Å²) in [7, 11) is 1.78. The van der Waals surface area contributed by atoms with Crippen LogP contribution in [0.2, 0.25) is 5.02 Å². The molecule has 1 amide bonds. The number of piperazine rings is 1. The van der Waals surface area contributed by atoms with E-state index in [4.69, 9.17) is 35.8 Å². The Morgan fingerprint density at radius 3 is 2.84 bits per heavy atom. The van der Waals surface area contributed by atoms with E-state index in [2.05, 4.69) is 28.4 Å². The number of carbonyl (C=O) groups excluding carboxylic acids is 1. The molecule has 0 aliphatic carbocycles. The van der Waals surface area contributed by atoms with Gasteiger partial charge in [-0.15, -0.1) is 0 Å². The molecule has 0 saturated carbocycles. The van der Waals surface area contributed by atoms with E-state index >= 15 is 4.39 Å². The van der Waals surface area contributed by atoms with Gasteiger partial charge in [0.1, 0.15) is 30.4 Å². The van der Waals surface area contributed by atoms with Crippen molar-refractivity contribution in [3.63, 3.8) is 0 Å². The fourth-order valence-corrected chi connectivity index (χ4v) is 8.66. The summed E-state index contributed by atoms with van der Waals surface area (Å²) in [5.41, 5.74) is 2.33. The third-order valence-corrected chi connectivity index (χ3v) is 11.0. The van der Waals surface area contributed by atoms with E-state index in [1.165, 1.54) is 11.6 Å². The van der Waals surface area contributed by atoms with Crippen molar-refractivity contribution in [1.29, 1.82) is 0 Å². The quantitative estimate of drug-likeness (QED) is 0.209. The van der Waals surface area contributed by atoms with Crippen molar-refractivity contribution >= 4 is 45.3 Å². The van der Waals surface area contributed by atoms with Gasteiger partial charge in [-0.05, 0) is 71.2 Å². The normalized spacial score (nSPS) is 23.6. The van der Waals surface area contributed by atoms with E-state index < -0.39 is 11.4 Å². The fourth-order valence-electron chi connectivity index (χ4n) is 8.36. The SMILES string of the molecule is C=C1CN2CCC[C@@]2(COc2nc3c4c(c(Cl)c(-c5c(F)ccc6cnn(C)c56)cc4n2)OC[C@@H]2CN(C(=O)OC(C)(C)C)[C@H](CC)CN32)C1. The summed E-state index contributed by atoms with van der Waals surface area (Å²) in [6.45, 7) is 15.3. The molecule has 0 bridgehead atoms. The Balaban J connectivity index is 1.27. The van der Waals surface area contributed by atoms with Crippen LogP contribution in [0.25, 0.3) is 32.9 Å². The summed E-state index contributed by atoms with van der Waals surface area (Å²) >= 11 is 7.23. The molecule has 0 N–H and O–H groups in total. The Morgan fingerprint density at radius 1 is 1.24 bits per heavy atom. The van der Waals surface area contributed by atoms with Crippen LogP contribution in [0, 0.1) is 5.82 Å². The van der Waals surface area contributed by atoms with Crippen LogP contribution in [0.5, 0.6) is 11.8 Å². The molecule has 4 aliphatic heterocycles. The molecule has 3 saturated heterocycles. The third kappa shape index (κ3) is 5.42. The largest absolute Gasteiger partial charge is 0.489 e. The van der Waals surface area contributed by atoms with Crippen LogP contribution in [-0.2, 0) is 11.8 Å². The highest BCUT2D eigenvalue weighted by Crippen LogP contribution is 2.49. The summed E-state index contributed by atoms with van der Waals surface area (Å²) in [5.74, 6) is 0.555. The minimum Gasteiger partial charge on any atom is -0.489 e. The van der Waals surface area contributed by atoms with Crippen molar-refractivity contribution in [2.75, 3.05) is 44.3 Å². The minimum absolute atomic E-state index is 0.129. The van der Waals surface area contributed by atoms with Crippen molar-refractivity contribution in [3.8, 4) is 22.9 Å². The monoisotopic (exact) mass is 703 g/mol. The maximum atomic E-state index is 15.9. The molecule has 11 nitrogen and oxygen atoms in total. The zero-order valence-electron chi connectivity index (χ0n) is 29.3. The lowest BCUT2D eigenvalue weighted by molar-refractivity contribution is 0.00838. The van der Waals surface area contributed by atoms with Gasteiger partial charge in [-0.1, -0.05) is 30.7 Å². The van der Waals surface area contributed by atoms with Crippen molar-refractivity contribution in [2.24, 2.45) is 7.05 Å². The summed E-state index contributed by atoms with van der Waals surface area (Å²) in [4.78, 5) is 29.9. The number of amides is 1. The first-order chi connectivity index (χ1) is 23.9. The molecule has 0 spiro atoms. The number of fused-ring (bicyclic) bond motifs is 4. The summed E-state index contributed by atoms with van der Waals surface area (Å²) < 4.78 is 36.4. The van der Waals surface area contributed by atoms with Gasteiger partial charge in [0.2, 0.25) is 0 Å². The van der Waals surface area contributed by atoms with E-state index in [9.17, 15) is 4.79 Å². The molecular weight excluding hydrogens is 661 g/mol. The van der Waals surface area contributed by atoms with Gasteiger partial charge < -0.3 is 24.0 Å². The molecule has 8 rings (SSSR count). The van der Waals surface area contributed by atoms with E-state index in [1.807, 2.05) is 20.8 Å². The number of aromatic nitrogens is 4. The van der Waals surface area contributed by atoms with Crippen LogP contribution in [0.4, 0.5) is 15.0 Å². The number of anilines is 1. The van der Waals surface area contributed by atoms with Crippen molar-refractivity contribution in [2.45, 2.75) is 76.6 Å². The van der Waals surface area contributed by atoms with Gasteiger partial charge in [0, 0.05) is 43.2 Å². The summed E-state index contributed by atoms with van der Waals surface area (Å²) in [6, 6.07) is 4.75. The first-order valence-electron chi connectivity index (χ1n) is 17.4. The van der Waals surface area contributed by atoms with Gasteiger partial charge in [0.05, 0.1) is 45.3 Å². The highest BCUT2D eigenvalue weighted by Gasteiger charge is 2.47. The van der Waals surface area contributed by atoms with Gasteiger partial charge >= 0.3 is 12.1 Å². The molecule has 4 aromatic rings. The zero-order valence-corrected chi connectivity index (χ0v) is 30.0. The Bertz CT molecular complexity index is 2050. The van der Waals surface area contributed by atoms with Crippen LogP contribution >= 0.6 is 11.6 Å². The van der Waals surface area contributed by atoms with Crippen LogP contribution < -0.4 is 14.4 Å². The van der Waals surface area contributed by atoms with E-state index in [0.717, 1.165) is 37.7 Å². The molecule has 0 radical (unpaired) electrons. The van der Waals surface area contributed by atoms with Gasteiger partial charge in [0.25, 0.3) is 0 Å². The van der Waals surface area contributed by atoms with Gasteiger partial charge in [-0.3, -0.25) is 9.58 Å². The standard InChI is InChI=1S/C37H43ClFN7O4/c1-7-23-17-45-24(18-46(23)35(47)50-36(3,4)5)19-48-32-29-27(13-25(30(32)38)28-26(39)10-9-22-15-40-43(6)31(22)28)41-34(42-33(29)45)49-20-37-11-8-12-44(37)16-21(2)14-37/h9-10,13,15,23-24H,2,7-8,11-12,14,16-20H2,1,3-6H3/t23-,24+,37+/m1/s1. The first kappa shape index (κ1) is 33.0. The summed E-state index contributed by atoms with van der Waals surface area (Å²) in [5, 5.41) is 6.04. The fraction of sp³-hybridized carbons (Fsp3) is 0.514. The maximum Gasteiger partial charge on any atom is 0.410 e. The molecule has 13 heteroatoms. The Labute approximate surface area is 295 Å². The first-order valence-corrected chi connectivity index (χ1v) is 17.8. The topological polar surface area (TPSA) is 98.1 Å². The van der Waals surface area contributed by atoms with Crippen molar-refractivity contribution in [3.05, 3.63) is 47.4 Å². The zero-order chi connectivity index (χ0) is 35.1. The maximum absolute atomic E-state index is 15.9. The molecular formula is C37H43ClFN7O4. The average molecular weight is 704 g/mol. The number of hydrogen-bond acceptors (Lipinski definition) is 9. The second-order valence-corrected chi connectivity index (χ2v) is 15.6. The van der Waals surface area contributed by atoms with Crippen molar-refractivity contribution in [1.82, 2.24) is 29.5 Å². The Hall–Kier alpha value is -4.16. The van der Waals surface area contributed by atoms with Crippen LogP contribution in [0.1, 0.15) is 53.4 Å². The summed E-state index contributed by atoms with van der Waals surface area (Å²) in [6.07, 6.45) is 5.06. The molecule has 3 atom stereocenters. The highest BCUT2D eigenvalue weighted by molar-refractivity contribution is 6.37. The number of nitrogens with zero attached hydrogens (tertiary/aromatic N) is 7. The average Bonchev–Trinajstić information content (AvgIpc) is 3.69. The number of ether oxygens (including phenoxy) is 3. The van der Waals surface area contributed by atoms with Crippen LogP contribution in [0.3, 0.4) is 0 Å². The van der Waals surface area contributed by atoms with Crippen LogP contribution in [-0.4, -0.2) is 98.3 Å². The van der Waals surface area contributed by atoms with Crippen LogP contribution in [0.15, 0.2) is 36.5 Å².